The predicted octanol–water partition coefficient (Wildman–Crippen LogP) is 4.15. The van der Waals surface area contributed by atoms with Crippen LogP contribution in [0.25, 0.3) is 10.9 Å². The molecule has 1 saturated heterocycles. The van der Waals surface area contributed by atoms with Crippen LogP contribution in [0.4, 0.5) is 18.9 Å². The van der Waals surface area contributed by atoms with Crippen molar-refractivity contribution in [2.45, 2.75) is 11.1 Å². The third kappa shape index (κ3) is 4.41. The number of benzene rings is 2. The summed E-state index contributed by atoms with van der Waals surface area (Å²) in [5.74, 6) is -1.63. The average molecular weight is 560 g/mol. The number of carbonyl (C=O) groups excluding carboxylic acids is 1. The summed E-state index contributed by atoms with van der Waals surface area (Å²) in [5.41, 5.74) is -0.203. The van der Waals surface area contributed by atoms with E-state index < -0.39 is 27.5 Å². The number of piperazine rings is 1. The number of anilines is 1. The van der Waals surface area contributed by atoms with Gasteiger partial charge in [0.05, 0.1) is 28.8 Å². The minimum absolute atomic E-state index is 0.0426. The molecule has 1 fully saturated rings. The van der Waals surface area contributed by atoms with Gasteiger partial charge in [-0.05, 0) is 37.4 Å². The van der Waals surface area contributed by atoms with Crippen LogP contribution in [0.15, 0.2) is 52.0 Å². The monoisotopic (exact) mass is 559 g/mol. The summed E-state index contributed by atoms with van der Waals surface area (Å²) >= 11 is 3.22. The van der Waals surface area contributed by atoms with Crippen molar-refractivity contribution < 1.29 is 31.1 Å². The number of ether oxygens (including phenoxy) is 1. The Bertz CT molecular complexity index is 1360. The Labute approximate surface area is 202 Å². The van der Waals surface area contributed by atoms with Crippen molar-refractivity contribution in [1.29, 1.82) is 0 Å². The molecule has 4 rings (SSSR count). The molecule has 0 saturated carbocycles. The van der Waals surface area contributed by atoms with E-state index in [1.54, 1.807) is 0 Å². The van der Waals surface area contributed by atoms with Gasteiger partial charge in [-0.2, -0.15) is 13.2 Å². The number of methoxy groups -OCH3 is 1. The molecule has 3 aromatic rings. The van der Waals surface area contributed by atoms with Crippen molar-refractivity contribution in [3.63, 3.8) is 0 Å². The van der Waals surface area contributed by atoms with Gasteiger partial charge in [0.25, 0.3) is 15.8 Å². The summed E-state index contributed by atoms with van der Waals surface area (Å²) < 4.78 is 73.4. The Hall–Kier alpha value is -2.57. The van der Waals surface area contributed by atoms with Crippen LogP contribution in [0.2, 0.25) is 0 Å². The van der Waals surface area contributed by atoms with Gasteiger partial charge in [-0.15, -0.1) is 0 Å². The minimum Gasteiger partial charge on any atom is -0.495 e. The van der Waals surface area contributed by atoms with E-state index in [1.807, 2.05) is 11.9 Å². The molecule has 0 aliphatic carbocycles. The number of nitrogens with zero attached hydrogens (tertiary/aromatic N) is 3. The molecule has 1 aromatic heterocycles. The molecule has 7 nitrogen and oxygen atoms in total. The number of hydrogen-bond acceptors (Lipinski definition) is 6. The first-order valence-electron chi connectivity index (χ1n) is 10.2. The number of likely N-dealkylation sites (N-methyl/N-ethyl adjacent to an activating group) is 1. The maximum Gasteiger partial charge on any atom is 0.454 e. The zero-order chi connectivity index (χ0) is 24.8. The summed E-state index contributed by atoms with van der Waals surface area (Å²) in [7, 11) is -0.882. The molecule has 0 unspecified atom stereocenters. The van der Waals surface area contributed by atoms with Crippen LogP contribution in [-0.4, -0.2) is 69.6 Å². The summed E-state index contributed by atoms with van der Waals surface area (Å²) in [5, 5.41) is -0.109. The molecule has 2 heterocycles. The minimum atomic E-state index is -5.15. The van der Waals surface area contributed by atoms with E-state index in [2.05, 4.69) is 20.8 Å². The molecule has 0 bridgehead atoms. The average Bonchev–Trinajstić information content (AvgIpc) is 3.17. The van der Waals surface area contributed by atoms with Crippen molar-refractivity contribution in [3.8, 4) is 5.75 Å². The maximum atomic E-state index is 13.6. The number of rotatable bonds is 5. The maximum absolute atomic E-state index is 13.6. The summed E-state index contributed by atoms with van der Waals surface area (Å²) in [4.78, 5) is 16.1. The first kappa shape index (κ1) is 24.6. The van der Waals surface area contributed by atoms with Crippen molar-refractivity contribution in [3.05, 3.63) is 52.6 Å². The van der Waals surface area contributed by atoms with Gasteiger partial charge in [0.2, 0.25) is 0 Å². The quantitative estimate of drug-likeness (QED) is 0.437. The van der Waals surface area contributed by atoms with Gasteiger partial charge in [0.15, 0.2) is 0 Å². The third-order valence-electron chi connectivity index (χ3n) is 5.79. The highest BCUT2D eigenvalue weighted by atomic mass is 79.9. The number of halogens is 4. The van der Waals surface area contributed by atoms with E-state index in [0.29, 0.717) is 29.0 Å². The van der Waals surface area contributed by atoms with Crippen molar-refractivity contribution >= 4 is 48.3 Å². The van der Waals surface area contributed by atoms with E-state index in [-0.39, 0.29) is 15.8 Å². The first-order chi connectivity index (χ1) is 15.9. The van der Waals surface area contributed by atoms with Crippen LogP contribution < -0.4 is 9.64 Å². The highest BCUT2D eigenvalue weighted by Gasteiger charge is 2.41. The van der Waals surface area contributed by atoms with E-state index in [0.717, 1.165) is 23.3 Å². The largest absolute Gasteiger partial charge is 0.495 e. The standard InChI is InChI=1S/C22H21BrF3N3O4S/c1-27-7-9-28(10-8-27)19-12-15(4-6-20(19)33-2)34(31,32)29-13-17(21(30)22(24,25)26)16-5-3-14(23)11-18(16)29/h3-6,11-13H,7-10H2,1-2H3. The van der Waals surface area contributed by atoms with Crippen LogP contribution in [-0.2, 0) is 10.0 Å². The Morgan fingerprint density at radius 3 is 2.35 bits per heavy atom. The normalized spacial score (nSPS) is 15.6. The Balaban J connectivity index is 1.87. The number of Topliss-reactive ketones (excluding diaryl/α,β-unsaturated/α-hetero) is 1. The van der Waals surface area contributed by atoms with Crippen molar-refractivity contribution in [1.82, 2.24) is 8.87 Å². The van der Waals surface area contributed by atoms with Crippen LogP contribution in [0.5, 0.6) is 5.75 Å². The molecular weight excluding hydrogens is 539 g/mol. The number of fused-ring (bicyclic) bond motifs is 1. The number of hydrogen-bond donors (Lipinski definition) is 0. The smallest absolute Gasteiger partial charge is 0.454 e. The Morgan fingerprint density at radius 1 is 1.06 bits per heavy atom. The fourth-order valence-electron chi connectivity index (χ4n) is 3.94. The molecule has 0 atom stereocenters. The van der Waals surface area contributed by atoms with Crippen LogP contribution >= 0.6 is 15.9 Å². The van der Waals surface area contributed by atoms with E-state index >= 15 is 0 Å². The van der Waals surface area contributed by atoms with Crippen molar-refractivity contribution in [2.24, 2.45) is 0 Å². The SMILES string of the molecule is COc1ccc(S(=O)(=O)n2cc(C(=O)C(F)(F)F)c3ccc(Br)cc32)cc1N1CCN(C)CC1. The number of aromatic nitrogens is 1. The molecule has 182 valence electrons. The van der Waals surface area contributed by atoms with Gasteiger partial charge >= 0.3 is 6.18 Å². The summed E-state index contributed by atoms with van der Waals surface area (Å²) in [6, 6.07) is 8.41. The van der Waals surface area contributed by atoms with E-state index in [4.69, 9.17) is 4.74 Å². The first-order valence-corrected chi connectivity index (χ1v) is 12.5. The summed E-state index contributed by atoms with van der Waals surface area (Å²) in [6.45, 7) is 2.86. The fraction of sp³-hybridized carbons (Fsp3) is 0.318. The molecule has 1 aliphatic rings. The Morgan fingerprint density at radius 2 is 1.74 bits per heavy atom. The Kier molecular flexibility index (Phi) is 6.42. The highest BCUT2D eigenvalue weighted by molar-refractivity contribution is 9.10. The number of carbonyl (C=O) groups is 1. The molecule has 0 radical (unpaired) electrons. The van der Waals surface area contributed by atoms with Gasteiger partial charge < -0.3 is 14.5 Å². The lowest BCUT2D eigenvalue weighted by Crippen LogP contribution is -2.44. The topological polar surface area (TPSA) is 71.8 Å². The fourth-order valence-corrected chi connectivity index (χ4v) is 5.67. The van der Waals surface area contributed by atoms with Gasteiger partial charge in [0.1, 0.15) is 5.75 Å². The van der Waals surface area contributed by atoms with Crippen LogP contribution in [0.1, 0.15) is 10.4 Å². The molecule has 1 aliphatic heterocycles. The van der Waals surface area contributed by atoms with Gasteiger partial charge in [0, 0.05) is 42.2 Å². The molecule has 0 amide bonds. The second-order valence-electron chi connectivity index (χ2n) is 7.96. The number of alkyl halides is 3. The molecule has 0 spiro atoms. The molecular formula is C22H21BrF3N3O4S. The van der Waals surface area contributed by atoms with Gasteiger partial charge in [-0.1, -0.05) is 22.0 Å². The lowest BCUT2D eigenvalue weighted by atomic mass is 10.1. The third-order valence-corrected chi connectivity index (χ3v) is 7.95. The molecule has 12 heteroatoms. The predicted molar refractivity (Wildman–Crippen MR) is 125 cm³/mol. The zero-order valence-corrected chi connectivity index (χ0v) is 20.7. The van der Waals surface area contributed by atoms with Crippen LogP contribution in [0.3, 0.4) is 0 Å². The highest BCUT2D eigenvalue weighted by Crippen LogP contribution is 2.35. The van der Waals surface area contributed by atoms with Gasteiger partial charge in [-0.25, -0.2) is 12.4 Å². The lowest BCUT2D eigenvalue weighted by Gasteiger charge is -2.34. The van der Waals surface area contributed by atoms with Gasteiger partial charge in [-0.3, -0.25) is 4.79 Å². The lowest BCUT2D eigenvalue weighted by molar-refractivity contribution is -0.0884. The van der Waals surface area contributed by atoms with E-state index in [9.17, 15) is 26.4 Å². The molecule has 34 heavy (non-hydrogen) atoms. The second-order valence-corrected chi connectivity index (χ2v) is 10.7. The van der Waals surface area contributed by atoms with Crippen LogP contribution in [0, 0.1) is 0 Å². The summed E-state index contributed by atoms with van der Waals surface area (Å²) in [6.07, 6.45) is -4.41. The molecule has 0 N–H and O–H groups in total. The zero-order valence-electron chi connectivity index (χ0n) is 18.3. The van der Waals surface area contributed by atoms with E-state index in [1.165, 1.54) is 43.5 Å². The molecule has 2 aromatic carbocycles. The number of ketones is 1. The van der Waals surface area contributed by atoms with Crippen molar-refractivity contribution in [2.75, 3.05) is 45.2 Å². The second kappa shape index (κ2) is 8.90.